The van der Waals surface area contributed by atoms with Gasteiger partial charge in [0.2, 0.25) is 0 Å². The van der Waals surface area contributed by atoms with Gasteiger partial charge in [0.15, 0.2) is 6.61 Å². The van der Waals surface area contributed by atoms with E-state index in [-0.39, 0.29) is 18.6 Å². The largest absolute Gasteiger partial charge is 0.484 e. The van der Waals surface area contributed by atoms with Gasteiger partial charge in [0.05, 0.1) is 0 Å². The number of carbonyl (C=O) groups is 2. The number of nitrogens with zero attached hydrogens (tertiary/aromatic N) is 1. The highest BCUT2D eigenvalue weighted by Crippen LogP contribution is 2.15. The van der Waals surface area contributed by atoms with Gasteiger partial charge in [-0.2, -0.15) is 0 Å². The van der Waals surface area contributed by atoms with Gasteiger partial charge in [-0.3, -0.25) is 10.2 Å². The maximum atomic E-state index is 12.0. The van der Waals surface area contributed by atoms with Crippen LogP contribution in [0.5, 0.6) is 5.75 Å². The van der Waals surface area contributed by atoms with Crippen LogP contribution in [-0.4, -0.2) is 48.3 Å². The zero-order chi connectivity index (χ0) is 19.2. The number of hydrogen-bond donors (Lipinski definition) is 2. The van der Waals surface area contributed by atoms with Crippen LogP contribution in [0.3, 0.4) is 0 Å². The zero-order valence-corrected chi connectivity index (χ0v) is 16.1. The fourth-order valence-electron chi connectivity index (χ4n) is 2.50. The Labute approximate surface area is 158 Å². The first kappa shape index (κ1) is 20.3. The van der Waals surface area contributed by atoms with Gasteiger partial charge < -0.3 is 14.8 Å². The van der Waals surface area contributed by atoms with E-state index in [0.29, 0.717) is 23.9 Å². The average Bonchev–Trinajstić information content (AvgIpc) is 2.54. The van der Waals surface area contributed by atoms with Gasteiger partial charge in [-0.25, -0.2) is 9.80 Å². The van der Waals surface area contributed by atoms with Crippen LogP contribution in [0, 0.1) is 0 Å². The van der Waals surface area contributed by atoms with Crippen LogP contribution in [0.25, 0.3) is 0 Å². The molecule has 0 bridgehead atoms. The molecule has 0 radical (unpaired) electrons. The summed E-state index contributed by atoms with van der Waals surface area (Å²) in [7, 11) is 0. The van der Waals surface area contributed by atoms with E-state index in [2.05, 4.69) is 10.7 Å². The molecule has 1 aromatic carbocycles. The minimum absolute atomic E-state index is 0.0447. The topological polar surface area (TPSA) is 79.9 Å². The third-order valence-corrected chi connectivity index (χ3v) is 3.93. The Morgan fingerprint density at radius 2 is 1.81 bits per heavy atom. The average molecular weight is 384 g/mol. The summed E-state index contributed by atoms with van der Waals surface area (Å²) in [4.78, 5) is 23.8. The van der Waals surface area contributed by atoms with Crippen LogP contribution < -0.4 is 15.5 Å². The van der Waals surface area contributed by atoms with Gasteiger partial charge in [0, 0.05) is 24.2 Å². The second kappa shape index (κ2) is 9.09. The van der Waals surface area contributed by atoms with Crippen molar-refractivity contribution in [3.63, 3.8) is 0 Å². The number of hydrazine groups is 1. The summed E-state index contributed by atoms with van der Waals surface area (Å²) in [6.45, 7) is 6.71. The van der Waals surface area contributed by atoms with Gasteiger partial charge in [-0.15, -0.1) is 0 Å². The van der Waals surface area contributed by atoms with Crippen molar-refractivity contribution in [2.75, 3.05) is 19.7 Å². The van der Waals surface area contributed by atoms with E-state index in [1.165, 1.54) is 0 Å². The molecule has 2 N–H and O–H groups in total. The summed E-state index contributed by atoms with van der Waals surface area (Å²) >= 11 is 5.80. The first-order valence-electron chi connectivity index (χ1n) is 8.63. The summed E-state index contributed by atoms with van der Waals surface area (Å²) in [6, 6.07) is 6.88. The van der Waals surface area contributed by atoms with Crippen LogP contribution in [0.1, 0.15) is 33.6 Å². The molecule has 26 heavy (non-hydrogen) atoms. The number of benzene rings is 1. The quantitative estimate of drug-likeness (QED) is 0.817. The molecule has 1 aliphatic heterocycles. The SMILES string of the molecule is CC(C)(C)OC(=O)NC1CCN(NC(=O)COc2ccc(Cl)cc2)CC1. The number of halogens is 1. The third kappa shape index (κ3) is 7.49. The zero-order valence-electron chi connectivity index (χ0n) is 15.4. The highest BCUT2D eigenvalue weighted by atomic mass is 35.5. The standard InChI is InChI=1S/C18H26ClN3O4/c1-18(2,3)26-17(24)20-14-8-10-22(11-9-14)21-16(23)12-25-15-6-4-13(19)5-7-15/h4-7,14H,8-12H2,1-3H3,(H,20,24)(H,21,23). The van der Waals surface area contributed by atoms with Crippen molar-refractivity contribution in [1.82, 2.24) is 15.8 Å². The van der Waals surface area contributed by atoms with Crippen molar-refractivity contribution in [2.45, 2.75) is 45.3 Å². The molecule has 2 rings (SSSR count). The van der Waals surface area contributed by atoms with Crippen molar-refractivity contribution in [3.05, 3.63) is 29.3 Å². The molecule has 0 aromatic heterocycles. The number of nitrogens with one attached hydrogen (secondary N) is 2. The van der Waals surface area contributed by atoms with Gasteiger partial charge in [-0.05, 0) is 57.9 Å². The van der Waals surface area contributed by atoms with Crippen LogP contribution in [0.4, 0.5) is 4.79 Å². The van der Waals surface area contributed by atoms with Crippen molar-refractivity contribution in [2.24, 2.45) is 0 Å². The maximum absolute atomic E-state index is 12.0. The van der Waals surface area contributed by atoms with E-state index in [1.807, 2.05) is 25.8 Å². The first-order valence-corrected chi connectivity index (χ1v) is 9.01. The lowest BCUT2D eigenvalue weighted by Gasteiger charge is -2.32. The fraction of sp³-hybridized carbons (Fsp3) is 0.556. The minimum Gasteiger partial charge on any atom is -0.484 e. The number of alkyl carbamates (subject to hydrolysis) is 1. The Morgan fingerprint density at radius 3 is 2.38 bits per heavy atom. The number of amides is 2. The highest BCUT2D eigenvalue weighted by Gasteiger charge is 2.24. The molecule has 0 saturated carbocycles. The summed E-state index contributed by atoms with van der Waals surface area (Å²) in [5, 5.41) is 5.31. The fourth-order valence-corrected chi connectivity index (χ4v) is 2.62. The molecule has 1 fully saturated rings. The van der Waals surface area contributed by atoms with E-state index < -0.39 is 11.7 Å². The molecule has 0 spiro atoms. The predicted molar refractivity (Wildman–Crippen MR) is 99.1 cm³/mol. The number of ether oxygens (including phenoxy) is 2. The van der Waals surface area contributed by atoms with Crippen LogP contribution >= 0.6 is 11.6 Å². The molecule has 1 heterocycles. The monoisotopic (exact) mass is 383 g/mol. The van der Waals surface area contributed by atoms with E-state index in [1.54, 1.807) is 24.3 Å². The van der Waals surface area contributed by atoms with Crippen molar-refractivity contribution >= 4 is 23.6 Å². The number of piperidine rings is 1. The summed E-state index contributed by atoms with van der Waals surface area (Å²) in [5.41, 5.74) is 2.30. The Bertz CT molecular complexity index is 608. The lowest BCUT2D eigenvalue weighted by atomic mass is 10.1. The molecule has 2 amide bonds. The second-order valence-corrected chi connectivity index (χ2v) is 7.62. The maximum Gasteiger partial charge on any atom is 0.407 e. The molecule has 0 aliphatic carbocycles. The molecule has 1 aromatic rings. The van der Waals surface area contributed by atoms with E-state index in [9.17, 15) is 9.59 Å². The van der Waals surface area contributed by atoms with Gasteiger partial charge in [0.1, 0.15) is 11.4 Å². The van der Waals surface area contributed by atoms with Gasteiger partial charge in [-0.1, -0.05) is 11.6 Å². The van der Waals surface area contributed by atoms with Crippen LogP contribution in [0.15, 0.2) is 24.3 Å². The smallest absolute Gasteiger partial charge is 0.407 e. The van der Waals surface area contributed by atoms with E-state index in [4.69, 9.17) is 21.1 Å². The van der Waals surface area contributed by atoms with Crippen LogP contribution in [0.2, 0.25) is 5.02 Å². The second-order valence-electron chi connectivity index (χ2n) is 7.19. The molecule has 1 aliphatic rings. The number of rotatable bonds is 5. The van der Waals surface area contributed by atoms with Crippen molar-refractivity contribution in [1.29, 1.82) is 0 Å². The molecule has 0 atom stereocenters. The molecule has 7 nitrogen and oxygen atoms in total. The van der Waals surface area contributed by atoms with E-state index in [0.717, 1.165) is 12.8 Å². The Hall–Kier alpha value is -1.99. The minimum atomic E-state index is -0.511. The molecular formula is C18H26ClN3O4. The summed E-state index contributed by atoms with van der Waals surface area (Å²) in [5.74, 6) is 0.364. The number of hydrogen-bond acceptors (Lipinski definition) is 5. The lowest BCUT2D eigenvalue weighted by Crippen LogP contribution is -2.52. The molecule has 8 heteroatoms. The molecule has 1 saturated heterocycles. The molecule has 0 unspecified atom stereocenters. The summed E-state index contributed by atoms with van der Waals surface area (Å²) in [6.07, 6.45) is 1.06. The van der Waals surface area contributed by atoms with E-state index >= 15 is 0 Å². The lowest BCUT2D eigenvalue weighted by molar-refractivity contribution is -0.128. The third-order valence-electron chi connectivity index (χ3n) is 3.68. The predicted octanol–water partition coefficient (Wildman–Crippen LogP) is 2.74. The Morgan fingerprint density at radius 1 is 1.19 bits per heavy atom. The van der Waals surface area contributed by atoms with Gasteiger partial charge >= 0.3 is 6.09 Å². The number of carbonyl (C=O) groups excluding carboxylic acids is 2. The summed E-state index contributed by atoms with van der Waals surface area (Å²) < 4.78 is 10.7. The van der Waals surface area contributed by atoms with Crippen molar-refractivity contribution < 1.29 is 19.1 Å². The first-order chi connectivity index (χ1) is 12.2. The molecular weight excluding hydrogens is 358 g/mol. The normalized spacial score (nSPS) is 16.0. The van der Waals surface area contributed by atoms with Crippen molar-refractivity contribution in [3.8, 4) is 5.75 Å². The molecule has 144 valence electrons. The Kier molecular flexibility index (Phi) is 7.11. The van der Waals surface area contributed by atoms with Gasteiger partial charge in [0.25, 0.3) is 5.91 Å². The Balaban J connectivity index is 1.65. The highest BCUT2D eigenvalue weighted by molar-refractivity contribution is 6.30. The van der Waals surface area contributed by atoms with Crippen LogP contribution in [-0.2, 0) is 9.53 Å².